The second kappa shape index (κ2) is 7.73. The van der Waals surface area contributed by atoms with Crippen molar-refractivity contribution in [2.45, 2.75) is 64.3 Å². The van der Waals surface area contributed by atoms with Gasteiger partial charge in [0.25, 0.3) is 0 Å². The molecule has 6 heteroatoms. The van der Waals surface area contributed by atoms with Gasteiger partial charge in [0.1, 0.15) is 5.60 Å². The van der Waals surface area contributed by atoms with E-state index < -0.39 is 5.60 Å². The van der Waals surface area contributed by atoms with E-state index in [1.165, 1.54) is 0 Å². The molecule has 1 aliphatic carbocycles. The van der Waals surface area contributed by atoms with Crippen LogP contribution >= 0.6 is 23.2 Å². The maximum Gasteiger partial charge on any atom is 0.407 e. The molecule has 1 saturated carbocycles. The van der Waals surface area contributed by atoms with Crippen LogP contribution in [0.4, 0.5) is 4.79 Å². The van der Waals surface area contributed by atoms with Crippen molar-refractivity contribution in [1.82, 2.24) is 10.6 Å². The highest BCUT2D eigenvalue weighted by Crippen LogP contribution is 2.22. The van der Waals surface area contributed by atoms with Crippen molar-refractivity contribution in [2.24, 2.45) is 0 Å². The van der Waals surface area contributed by atoms with Crippen molar-refractivity contribution in [3.8, 4) is 0 Å². The second-order valence-corrected chi connectivity index (χ2v) is 7.82. The summed E-state index contributed by atoms with van der Waals surface area (Å²) in [5.74, 6) is 0. The normalized spacial score (nSPS) is 21.3. The van der Waals surface area contributed by atoms with Gasteiger partial charge in [0.2, 0.25) is 0 Å². The lowest BCUT2D eigenvalue weighted by atomic mass is 10.1. The molecule has 0 saturated heterocycles. The fraction of sp³-hybridized carbons (Fsp3) is 0.588. The predicted octanol–water partition coefficient (Wildman–Crippen LogP) is 4.53. The van der Waals surface area contributed by atoms with Gasteiger partial charge in [0.15, 0.2) is 0 Å². The maximum atomic E-state index is 11.9. The van der Waals surface area contributed by atoms with Gasteiger partial charge in [-0.05, 0) is 63.8 Å². The number of alkyl carbamates (subject to hydrolysis) is 1. The van der Waals surface area contributed by atoms with E-state index in [1.54, 1.807) is 6.07 Å². The fourth-order valence-corrected chi connectivity index (χ4v) is 3.37. The Hall–Kier alpha value is -0.970. The molecule has 0 bridgehead atoms. The molecule has 4 nitrogen and oxygen atoms in total. The Bertz CT molecular complexity index is 538. The van der Waals surface area contributed by atoms with E-state index in [-0.39, 0.29) is 18.2 Å². The molecule has 1 amide bonds. The maximum absolute atomic E-state index is 11.9. The minimum atomic E-state index is -0.483. The minimum Gasteiger partial charge on any atom is -0.444 e. The number of halogens is 2. The number of benzene rings is 1. The number of hydrogen-bond acceptors (Lipinski definition) is 3. The number of rotatable bonds is 4. The Balaban J connectivity index is 1.88. The average molecular weight is 359 g/mol. The van der Waals surface area contributed by atoms with Gasteiger partial charge in [-0.2, -0.15) is 0 Å². The summed E-state index contributed by atoms with van der Waals surface area (Å²) in [6.07, 6.45) is 2.69. The molecular weight excluding hydrogens is 335 g/mol. The van der Waals surface area contributed by atoms with Crippen molar-refractivity contribution in [3.05, 3.63) is 33.8 Å². The molecule has 1 aliphatic rings. The molecule has 1 fully saturated rings. The van der Waals surface area contributed by atoms with Crippen LogP contribution in [-0.4, -0.2) is 23.8 Å². The van der Waals surface area contributed by atoms with Gasteiger partial charge in [-0.25, -0.2) is 4.79 Å². The first-order chi connectivity index (χ1) is 10.7. The van der Waals surface area contributed by atoms with Crippen LogP contribution in [0.2, 0.25) is 10.0 Å². The first-order valence-corrected chi connectivity index (χ1v) is 8.66. The highest BCUT2D eigenvalue weighted by atomic mass is 35.5. The number of carbonyl (C=O) groups is 1. The summed E-state index contributed by atoms with van der Waals surface area (Å²) in [4.78, 5) is 11.9. The van der Waals surface area contributed by atoms with Gasteiger partial charge in [-0.3, -0.25) is 0 Å². The molecule has 2 atom stereocenters. The third kappa shape index (κ3) is 6.21. The van der Waals surface area contributed by atoms with Crippen LogP contribution in [0.1, 0.15) is 45.6 Å². The zero-order valence-electron chi connectivity index (χ0n) is 13.8. The van der Waals surface area contributed by atoms with E-state index >= 15 is 0 Å². The summed E-state index contributed by atoms with van der Waals surface area (Å²) >= 11 is 12.0. The highest BCUT2D eigenvalue weighted by molar-refractivity contribution is 6.34. The lowest BCUT2D eigenvalue weighted by Crippen LogP contribution is -2.47. The molecule has 2 unspecified atom stereocenters. The van der Waals surface area contributed by atoms with Crippen LogP contribution in [0.15, 0.2) is 18.2 Å². The summed E-state index contributed by atoms with van der Waals surface area (Å²) in [5.41, 5.74) is 0.550. The molecule has 0 aliphatic heterocycles. The number of amides is 1. The quantitative estimate of drug-likeness (QED) is 0.831. The summed E-state index contributed by atoms with van der Waals surface area (Å²) < 4.78 is 5.33. The van der Waals surface area contributed by atoms with Crippen LogP contribution in [0.25, 0.3) is 0 Å². The van der Waals surface area contributed by atoms with Gasteiger partial charge in [-0.15, -0.1) is 0 Å². The van der Waals surface area contributed by atoms with Crippen LogP contribution in [0.3, 0.4) is 0 Å². The van der Waals surface area contributed by atoms with Crippen molar-refractivity contribution >= 4 is 29.3 Å². The summed E-state index contributed by atoms with van der Waals surface area (Å²) in [5, 5.41) is 7.71. The minimum absolute atomic E-state index is 0.0829. The van der Waals surface area contributed by atoms with Crippen LogP contribution in [-0.2, 0) is 11.3 Å². The molecule has 1 aromatic carbocycles. The standard InChI is InChI=1S/C17H24Cl2N2O2/c1-17(2,3)23-16(22)21-15-6-4-5-14(15)20-10-11-7-12(18)9-13(19)8-11/h7-9,14-15,20H,4-6,10H2,1-3H3,(H,21,22). The Morgan fingerprint density at radius 1 is 1.17 bits per heavy atom. The summed E-state index contributed by atoms with van der Waals surface area (Å²) in [7, 11) is 0. The number of nitrogens with one attached hydrogen (secondary N) is 2. The van der Waals surface area contributed by atoms with E-state index in [1.807, 2.05) is 32.9 Å². The van der Waals surface area contributed by atoms with Crippen molar-refractivity contribution in [1.29, 1.82) is 0 Å². The fourth-order valence-electron chi connectivity index (χ4n) is 2.80. The molecule has 0 spiro atoms. The predicted molar refractivity (Wildman–Crippen MR) is 94.1 cm³/mol. The molecule has 0 aromatic heterocycles. The third-order valence-electron chi connectivity index (χ3n) is 3.71. The molecule has 2 rings (SSSR count). The lowest BCUT2D eigenvalue weighted by Gasteiger charge is -2.25. The zero-order valence-corrected chi connectivity index (χ0v) is 15.3. The number of carbonyl (C=O) groups excluding carboxylic acids is 1. The lowest BCUT2D eigenvalue weighted by molar-refractivity contribution is 0.0498. The van der Waals surface area contributed by atoms with Gasteiger partial charge < -0.3 is 15.4 Å². The topological polar surface area (TPSA) is 50.4 Å². The zero-order chi connectivity index (χ0) is 17.0. The highest BCUT2D eigenvalue weighted by Gasteiger charge is 2.29. The van der Waals surface area contributed by atoms with E-state index in [0.29, 0.717) is 16.6 Å². The first kappa shape index (κ1) is 18.4. The van der Waals surface area contributed by atoms with Crippen LogP contribution in [0, 0.1) is 0 Å². The van der Waals surface area contributed by atoms with Gasteiger partial charge >= 0.3 is 6.09 Å². The van der Waals surface area contributed by atoms with E-state index in [9.17, 15) is 4.79 Å². The average Bonchev–Trinajstić information content (AvgIpc) is 2.80. The smallest absolute Gasteiger partial charge is 0.407 e. The Morgan fingerprint density at radius 3 is 2.39 bits per heavy atom. The van der Waals surface area contributed by atoms with Crippen LogP contribution < -0.4 is 10.6 Å². The molecule has 128 valence electrons. The number of ether oxygens (including phenoxy) is 1. The molecule has 0 heterocycles. The van der Waals surface area contributed by atoms with Crippen LogP contribution in [0.5, 0.6) is 0 Å². The van der Waals surface area contributed by atoms with Crippen molar-refractivity contribution in [3.63, 3.8) is 0 Å². The second-order valence-electron chi connectivity index (χ2n) is 6.95. The molecule has 0 radical (unpaired) electrons. The Kier molecular flexibility index (Phi) is 6.18. The van der Waals surface area contributed by atoms with Gasteiger partial charge in [0, 0.05) is 28.7 Å². The van der Waals surface area contributed by atoms with E-state index in [0.717, 1.165) is 24.8 Å². The largest absolute Gasteiger partial charge is 0.444 e. The number of hydrogen-bond donors (Lipinski definition) is 2. The molecule has 2 N–H and O–H groups in total. The van der Waals surface area contributed by atoms with Crippen molar-refractivity contribution < 1.29 is 9.53 Å². The Labute approximate surface area is 147 Å². The first-order valence-electron chi connectivity index (χ1n) is 7.91. The van der Waals surface area contributed by atoms with Gasteiger partial charge in [0.05, 0.1) is 0 Å². The molecule has 1 aromatic rings. The van der Waals surface area contributed by atoms with E-state index in [4.69, 9.17) is 27.9 Å². The van der Waals surface area contributed by atoms with Crippen molar-refractivity contribution in [2.75, 3.05) is 0 Å². The third-order valence-corrected chi connectivity index (χ3v) is 4.15. The van der Waals surface area contributed by atoms with E-state index in [2.05, 4.69) is 10.6 Å². The molecular formula is C17H24Cl2N2O2. The Morgan fingerprint density at radius 2 is 1.78 bits per heavy atom. The van der Waals surface area contributed by atoms with Gasteiger partial charge in [-0.1, -0.05) is 23.2 Å². The SMILES string of the molecule is CC(C)(C)OC(=O)NC1CCCC1NCc1cc(Cl)cc(Cl)c1. The summed E-state index contributed by atoms with van der Waals surface area (Å²) in [6, 6.07) is 5.81. The molecule has 23 heavy (non-hydrogen) atoms. The summed E-state index contributed by atoms with van der Waals surface area (Å²) in [6.45, 7) is 6.25. The monoisotopic (exact) mass is 358 g/mol.